The molecule has 0 saturated carbocycles. The number of ether oxygens (including phenoxy) is 2. The summed E-state index contributed by atoms with van der Waals surface area (Å²) >= 11 is 16.9. The Morgan fingerprint density at radius 3 is 2.29 bits per heavy atom. The minimum absolute atomic E-state index is 0.0107. The average molecular weight is 528 g/mol. The van der Waals surface area contributed by atoms with Crippen molar-refractivity contribution in [1.82, 2.24) is 4.90 Å². The van der Waals surface area contributed by atoms with Gasteiger partial charge in [-0.3, -0.25) is 4.79 Å². The molecule has 1 fully saturated rings. The third kappa shape index (κ3) is 6.95. The molecule has 1 amide bonds. The summed E-state index contributed by atoms with van der Waals surface area (Å²) < 4.78 is 10.8. The summed E-state index contributed by atoms with van der Waals surface area (Å²) in [5, 5.41) is 11.9. The highest BCUT2D eigenvalue weighted by atomic mass is 35.6. The molecule has 34 heavy (non-hydrogen) atoms. The van der Waals surface area contributed by atoms with Crippen LogP contribution in [0.1, 0.15) is 36.0 Å². The maximum absolute atomic E-state index is 11.9. The Hall–Kier alpha value is -1.64. The van der Waals surface area contributed by atoms with Gasteiger partial charge in [0, 0.05) is 30.3 Å². The van der Waals surface area contributed by atoms with Crippen molar-refractivity contribution >= 4 is 46.4 Å². The number of anilines is 1. The normalized spacial score (nSPS) is 23.0. The van der Waals surface area contributed by atoms with Gasteiger partial charge in [-0.25, -0.2) is 0 Å². The van der Waals surface area contributed by atoms with Gasteiger partial charge in [0.15, 0.2) is 6.29 Å². The standard InChI is InChI=1S/C25H29Cl3N2O4/c1-4-13-30(3)14-21-16(2)22(18-7-5-17(15-31)6-8-18)34-23(33-21)19-9-11-20(12-10-19)29-24(32)25(26,27)28/h4-12,16,21-23,31H,1,13-15H2,2-3H3,(H,29,32)/t16-,21+,22+,23+/m0/s1. The van der Waals surface area contributed by atoms with Gasteiger partial charge < -0.3 is 24.8 Å². The van der Waals surface area contributed by atoms with Gasteiger partial charge >= 0.3 is 0 Å². The van der Waals surface area contributed by atoms with Crippen LogP contribution in [0.2, 0.25) is 0 Å². The smallest absolute Gasteiger partial charge is 0.276 e. The van der Waals surface area contributed by atoms with Crippen molar-refractivity contribution in [2.75, 3.05) is 25.5 Å². The molecule has 6 nitrogen and oxygen atoms in total. The summed E-state index contributed by atoms with van der Waals surface area (Å²) in [4.78, 5) is 14.1. The zero-order valence-corrected chi connectivity index (χ0v) is 21.4. The van der Waals surface area contributed by atoms with E-state index in [2.05, 4.69) is 23.7 Å². The topological polar surface area (TPSA) is 71.0 Å². The Bertz CT molecular complexity index is 964. The molecule has 0 unspecified atom stereocenters. The van der Waals surface area contributed by atoms with E-state index in [-0.39, 0.29) is 24.7 Å². The Labute approximate surface area is 215 Å². The average Bonchev–Trinajstić information content (AvgIpc) is 2.80. The highest BCUT2D eigenvalue weighted by Gasteiger charge is 2.38. The van der Waals surface area contributed by atoms with Crippen LogP contribution in [-0.4, -0.2) is 45.9 Å². The number of nitrogens with zero attached hydrogens (tertiary/aromatic N) is 1. The lowest BCUT2D eigenvalue weighted by Crippen LogP contribution is -2.43. The predicted octanol–water partition coefficient (Wildman–Crippen LogP) is 5.40. The molecular formula is C25H29Cl3N2O4. The number of carbonyl (C=O) groups is 1. The van der Waals surface area contributed by atoms with E-state index in [4.69, 9.17) is 44.3 Å². The monoisotopic (exact) mass is 526 g/mol. The minimum atomic E-state index is -2.05. The first-order chi connectivity index (χ1) is 16.1. The number of carbonyl (C=O) groups excluding carboxylic acids is 1. The quantitative estimate of drug-likeness (QED) is 0.355. The van der Waals surface area contributed by atoms with Gasteiger partial charge in [0.25, 0.3) is 9.70 Å². The SMILES string of the molecule is C=CCN(C)C[C@H]1O[C@@H](c2ccc(NC(=O)C(Cl)(Cl)Cl)cc2)O[C@@H](c2ccc(CO)cc2)[C@H]1C. The zero-order valence-electron chi connectivity index (χ0n) is 19.1. The third-order valence-corrected chi connectivity index (χ3v) is 6.27. The van der Waals surface area contributed by atoms with Crippen molar-refractivity contribution in [3.05, 3.63) is 77.9 Å². The van der Waals surface area contributed by atoms with E-state index in [1.165, 1.54) is 0 Å². The van der Waals surface area contributed by atoms with Gasteiger partial charge in [0.2, 0.25) is 0 Å². The molecule has 184 valence electrons. The second-order valence-electron chi connectivity index (χ2n) is 8.41. The lowest BCUT2D eigenvalue weighted by Gasteiger charge is -2.42. The lowest BCUT2D eigenvalue weighted by atomic mass is 9.90. The Kier molecular flexibility index (Phi) is 9.41. The van der Waals surface area contributed by atoms with E-state index in [9.17, 15) is 9.90 Å². The molecule has 2 aromatic carbocycles. The molecule has 0 radical (unpaired) electrons. The summed E-state index contributed by atoms with van der Waals surface area (Å²) in [6, 6.07) is 14.8. The van der Waals surface area contributed by atoms with Crippen molar-refractivity contribution in [2.24, 2.45) is 5.92 Å². The summed E-state index contributed by atoms with van der Waals surface area (Å²) in [5.41, 5.74) is 3.14. The lowest BCUT2D eigenvalue weighted by molar-refractivity contribution is -0.275. The molecule has 2 N–H and O–H groups in total. The van der Waals surface area contributed by atoms with E-state index < -0.39 is 16.0 Å². The number of benzene rings is 2. The Balaban J connectivity index is 1.83. The molecule has 1 saturated heterocycles. The second-order valence-corrected chi connectivity index (χ2v) is 10.7. The maximum atomic E-state index is 11.9. The van der Waals surface area contributed by atoms with E-state index in [1.54, 1.807) is 12.1 Å². The molecule has 0 aromatic heterocycles. The number of likely N-dealkylation sites (N-methyl/N-ethyl adjacent to an activating group) is 1. The molecule has 1 aliphatic rings. The van der Waals surface area contributed by atoms with Crippen molar-refractivity contribution in [3.8, 4) is 0 Å². The van der Waals surface area contributed by atoms with Crippen molar-refractivity contribution < 1.29 is 19.4 Å². The molecule has 0 aliphatic carbocycles. The number of aliphatic hydroxyl groups excluding tert-OH is 1. The van der Waals surface area contributed by atoms with Crippen LogP contribution >= 0.6 is 34.8 Å². The van der Waals surface area contributed by atoms with Gasteiger partial charge in [-0.2, -0.15) is 0 Å². The molecular weight excluding hydrogens is 499 g/mol. The summed E-state index contributed by atoms with van der Waals surface area (Å²) in [5.74, 6) is -0.660. The molecule has 0 spiro atoms. The predicted molar refractivity (Wildman–Crippen MR) is 136 cm³/mol. The molecule has 4 atom stereocenters. The summed E-state index contributed by atoms with van der Waals surface area (Å²) in [6.45, 7) is 7.36. The second kappa shape index (κ2) is 11.9. The number of aliphatic hydroxyl groups is 1. The maximum Gasteiger partial charge on any atom is 0.276 e. The van der Waals surface area contributed by atoms with Crippen molar-refractivity contribution in [1.29, 1.82) is 0 Å². The van der Waals surface area contributed by atoms with Gasteiger partial charge in [-0.15, -0.1) is 6.58 Å². The first-order valence-corrected chi connectivity index (χ1v) is 12.0. The fourth-order valence-electron chi connectivity index (χ4n) is 3.86. The van der Waals surface area contributed by atoms with Gasteiger partial charge in [0.05, 0.1) is 18.8 Å². The van der Waals surface area contributed by atoms with Crippen LogP contribution in [0.5, 0.6) is 0 Å². The fraction of sp³-hybridized carbons (Fsp3) is 0.400. The van der Waals surface area contributed by atoms with Crippen LogP contribution in [0.15, 0.2) is 61.2 Å². The number of halogens is 3. The molecule has 1 aliphatic heterocycles. The molecule has 9 heteroatoms. The first kappa shape index (κ1) is 27.0. The molecule has 2 aromatic rings. The van der Waals surface area contributed by atoms with Crippen molar-refractivity contribution in [2.45, 2.75) is 35.8 Å². The van der Waals surface area contributed by atoms with Crippen LogP contribution in [-0.2, 0) is 20.9 Å². The van der Waals surface area contributed by atoms with E-state index in [0.717, 1.165) is 23.2 Å². The summed E-state index contributed by atoms with van der Waals surface area (Å²) in [6.07, 6.45) is 0.933. The highest BCUT2D eigenvalue weighted by Crippen LogP contribution is 2.42. The number of nitrogens with one attached hydrogen (secondary N) is 1. The highest BCUT2D eigenvalue weighted by molar-refractivity contribution is 6.76. The third-order valence-electron chi connectivity index (χ3n) is 5.75. The van der Waals surface area contributed by atoms with E-state index >= 15 is 0 Å². The molecule has 3 rings (SSSR count). The van der Waals surface area contributed by atoms with Crippen LogP contribution in [0, 0.1) is 5.92 Å². The van der Waals surface area contributed by atoms with Gasteiger partial charge in [0.1, 0.15) is 0 Å². The van der Waals surface area contributed by atoms with Gasteiger partial charge in [-0.1, -0.05) is 84.2 Å². The number of alkyl halides is 3. The molecule has 0 bridgehead atoms. The van der Waals surface area contributed by atoms with Crippen LogP contribution < -0.4 is 5.32 Å². The van der Waals surface area contributed by atoms with Crippen LogP contribution in [0.25, 0.3) is 0 Å². The zero-order chi connectivity index (χ0) is 24.9. The number of rotatable bonds is 8. The molecule has 1 heterocycles. The van der Waals surface area contributed by atoms with Crippen LogP contribution in [0.3, 0.4) is 0 Å². The Morgan fingerprint density at radius 1 is 1.12 bits per heavy atom. The van der Waals surface area contributed by atoms with Gasteiger partial charge in [-0.05, 0) is 30.3 Å². The first-order valence-electron chi connectivity index (χ1n) is 10.9. The van der Waals surface area contributed by atoms with E-state index in [0.29, 0.717) is 12.2 Å². The summed E-state index contributed by atoms with van der Waals surface area (Å²) in [7, 11) is 2.02. The van der Waals surface area contributed by atoms with Crippen LogP contribution in [0.4, 0.5) is 5.69 Å². The Morgan fingerprint density at radius 2 is 1.74 bits per heavy atom. The number of amides is 1. The van der Waals surface area contributed by atoms with E-state index in [1.807, 2.05) is 49.5 Å². The largest absolute Gasteiger partial charge is 0.392 e. The number of hydrogen-bond acceptors (Lipinski definition) is 5. The fourth-order valence-corrected chi connectivity index (χ4v) is 4.00. The van der Waals surface area contributed by atoms with Crippen molar-refractivity contribution in [3.63, 3.8) is 0 Å². The minimum Gasteiger partial charge on any atom is -0.392 e. The number of hydrogen-bond donors (Lipinski definition) is 2.